The lowest BCUT2D eigenvalue weighted by atomic mass is 9.87. The summed E-state index contributed by atoms with van der Waals surface area (Å²) in [5.41, 5.74) is -4.04. The van der Waals surface area contributed by atoms with Gasteiger partial charge in [0.25, 0.3) is 12.3 Å². The van der Waals surface area contributed by atoms with Gasteiger partial charge in [0.15, 0.2) is 5.82 Å². The molecule has 3 heterocycles. The Bertz CT molecular complexity index is 2220. The summed E-state index contributed by atoms with van der Waals surface area (Å²) in [7, 11) is 0. The Hall–Kier alpha value is -5.64. The van der Waals surface area contributed by atoms with E-state index in [0.717, 1.165) is 28.8 Å². The maximum Gasteiger partial charge on any atom is 0.411 e. The fourth-order valence-corrected chi connectivity index (χ4v) is 6.17. The summed E-state index contributed by atoms with van der Waals surface area (Å²) in [5, 5.41) is 30.4. The predicted octanol–water partition coefficient (Wildman–Crippen LogP) is 6.02. The molecule has 4 aromatic rings. The minimum absolute atomic E-state index is 0.0486. The molecule has 0 spiro atoms. The Labute approximate surface area is 315 Å². The number of alkyl carbamates (subject to hydrolysis) is 1. The molecule has 2 saturated carbocycles. The van der Waals surface area contributed by atoms with Gasteiger partial charge in [-0.3, -0.25) is 15.1 Å². The van der Waals surface area contributed by atoms with Crippen molar-refractivity contribution in [3.05, 3.63) is 70.8 Å². The zero-order valence-corrected chi connectivity index (χ0v) is 30.2. The molecular weight excluding hydrogens is 753 g/mol. The van der Waals surface area contributed by atoms with Crippen molar-refractivity contribution in [2.75, 3.05) is 6.61 Å². The van der Waals surface area contributed by atoms with Gasteiger partial charge in [-0.05, 0) is 74.9 Å². The third-order valence-corrected chi connectivity index (χ3v) is 9.58. The summed E-state index contributed by atoms with van der Waals surface area (Å²) < 4.78 is 74.8. The molecule has 1 saturated heterocycles. The van der Waals surface area contributed by atoms with Gasteiger partial charge in [-0.15, -0.1) is 10.2 Å². The molecule has 55 heavy (non-hydrogen) atoms. The van der Waals surface area contributed by atoms with Gasteiger partial charge >= 0.3 is 12.3 Å². The topological polar surface area (TPSA) is 169 Å². The zero-order chi connectivity index (χ0) is 39.5. The maximum absolute atomic E-state index is 14.9. The molecule has 288 valence electrons. The molecule has 0 bridgehead atoms. The second-order valence-corrected chi connectivity index (χ2v) is 14.9. The molecule has 0 radical (unpaired) electrons. The van der Waals surface area contributed by atoms with E-state index in [-0.39, 0.29) is 35.2 Å². The smallest absolute Gasteiger partial charge is 0.411 e. The number of carbonyl (C=O) groups is 2. The number of hydrogen-bond acceptors (Lipinski definition) is 9. The van der Waals surface area contributed by atoms with Crippen LogP contribution in [0.4, 0.5) is 26.7 Å². The average Bonchev–Trinajstić information content (AvgIpc) is 3.99. The first-order valence-electron chi connectivity index (χ1n) is 17.1. The van der Waals surface area contributed by atoms with Crippen molar-refractivity contribution in [2.24, 2.45) is 5.41 Å². The first kappa shape index (κ1) is 37.7. The second kappa shape index (κ2) is 13.6. The average molecular weight is 786 g/mol. The van der Waals surface area contributed by atoms with Crippen LogP contribution < -0.4 is 10.6 Å². The van der Waals surface area contributed by atoms with Crippen LogP contribution in [0.2, 0.25) is 5.02 Å². The molecule has 14 nitrogen and oxygen atoms in total. The third-order valence-electron chi connectivity index (χ3n) is 9.26. The number of guanidine groups is 1. The van der Waals surface area contributed by atoms with Gasteiger partial charge in [0.05, 0.1) is 22.8 Å². The van der Waals surface area contributed by atoms with Crippen LogP contribution in [-0.4, -0.2) is 76.2 Å². The van der Waals surface area contributed by atoms with Gasteiger partial charge in [0, 0.05) is 11.0 Å². The summed E-state index contributed by atoms with van der Waals surface area (Å²) in [6.07, 6.45) is -7.09. The minimum atomic E-state index is -4.74. The van der Waals surface area contributed by atoms with Crippen molar-refractivity contribution >= 4 is 29.6 Å². The number of benzene rings is 2. The van der Waals surface area contributed by atoms with E-state index in [9.17, 15) is 31.5 Å². The van der Waals surface area contributed by atoms with E-state index in [4.69, 9.17) is 21.7 Å². The van der Waals surface area contributed by atoms with E-state index in [1.165, 1.54) is 18.2 Å². The number of halogens is 6. The van der Waals surface area contributed by atoms with Crippen LogP contribution in [0, 0.1) is 22.7 Å². The van der Waals surface area contributed by atoms with Gasteiger partial charge in [-0.2, -0.15) is 23.1 Å². The molecule has 0 unspecified atom stereocenters. The molecule has 20 heteroatoms. The van der Waals surface area contributed by atoms with E-state index in [1.54, 1.807) is 29.1 Å². The highest BCUT2D eigenvalue weighted by Crippen LogP contribution is 2.49. The third kappa shape index (κ3) is 7.30. The molecular formula is C35H33ClF5N11O3. The molecule has 2 aromatic heterocycles. The van der Waals surface area contributed by atoms with Crippen LogP contribution in [-0.2, 0) is 15.1 Å². The number of aromatic nitrogens is 7. The standard InChI is InChI=1S/C35H33ClF5N11O3/c1-32(2,3)12-15-34(21-7-4-19(5-8-21)27-47-49-52(48-27)22-9-10-22)29(53)50(30(42)45-34)25(17-55-31(54)46-33(13-14-33)35(39,40)41)20-6-11-23(36)24(16-20)51-28(26(37)38)43-18-44-51/h4-8,11,16,18,22,25-26H,9-10,13-14,17H2,1-3H3,(H2,42,45)(H,46,54)/t25-,34-/m1/s1. The molecule has 2 atom stereocenters. The quantitative estimate of drug-likeness (QED) is 0.129. The van der Waals surface area contributed by atoms with E-state index in [2.05, 4.69) is 42.7 Å². The fraction of sp³-hybridized carbons (Fsp3) is 0.429. The number of tetrazole rings is 1. The number of rotatable bonds is 10. The van der Waals surface area contributed by atoms with E-state index >= 15 is 0 Å². The SMILES string of the molecule is CC(C)(C)C#C[C@]1(c2ccc(-c3nnn(C4CC4)n3)cc2)NC(=N)N([C@H](COC(=O)NC2(C(F)(F)F)CC2)c2ccc(Cl)c(-n3ncnc3C(F)F)c2)C1=O. The van der Waals surface area contributed by atoms with Gasteiger partial charge in [0.1, 0.15) is 18.5 Å². The van der Waals surface area contributed by atoms with E-state index < -0.39 is 65.5 Å². The predicted molar refractivity (Wildman–Crippen MR) is 185 cm³/mol. The Balaban J connectivity index is 1.27. The Morgan fingerprint density at radius 2 is 1.85 bits per heavy atom. The van der Waals surface area contributed by atoms with Crippen molar-refractivity contribution < 1.29 is 36.3 Å². The summed E-state index contributed by atoms with van der Waals surface area (Å²) >= 11 is 6.42. The van der Waals surface area contributed by atoms with Gasteiger partial charge in [0.2, 0.25) is 17.3 Å². The minimum Gasteiger partial charge on any atom is -0.447 e. The lowest BCUT2D eigenvalue weighted by molar-refractivity contribution is -0.164. The van der Waals surface area contributed by atoms with Gasteiger partial charge < -0.3 is 15.4 Å². The van der Waals surface area contributed by atoms with Crippen LogP contribution in [0.15, 0.2) is 48.8 Å². The molecule has 1 aliphatic heterocycles. The lowest BCUT2D eigenvalue weighted by Gasteiger charge is -2.29. The number of amides is 2. The van der Waals surface area contributed by atoms with Crippen LogP contribution in [0.1, 0.15) is 81.9 Å². The van der Waals surface area contributed by atoms with Crippen molar-refractivity contribution in [3.63, 3.8) is 0 Å². The second-order valence-electron chi connectivity index (χ2n) is 14.5. The molecule has 3 aliphatic rings. The number of hydrogen-bond donors (Lipinski definition) is 3. The van der Waals surface area contributed by atoms with E-state index in [0.29, 0.717) is 17.0 Å². The van der Waals surface area contributed by atoms with Crippen molar-refractivity contribution in [3.8, 4) is 28.9 Å². The van der Waals surface area contributed by atoms with Crippen LogP contribution in [0.3, 0.4) is 0 Å². The summed E-state index contributed by atoms with van der Waals surface area (Å²) in [6.45, 7) is 4.69. The lowest BCUT2D eigenvalue weighted by Crippen LogP contribution is -2.48. The molecule has 2 amide bonds. The van der Waals surface area contributed by atoms with Crippen molar-refractivity contribution in [1.29, 1.82) is 5.41 Å². The number of alkyl halides is 5. The van der Waals surface area contributed by atoms with Crippen LogP contribution in [0.25, 0.3) is 17.1 Å². The van der Waals surface area contributed by atoms with Crippen molar-refractivity contribution in [2.45, 2.75) is 82.2 Å². The van der Waals surface area contributed by atoms with Gasteiger partial charge in [-0.1, -0.05) is 53.8 Å². The largest absolute Gasteiger partial charge is 0.447 e. The Morgan fingerprint density at radius 1 is 1.15 bits per heavy atom. The first-order valence-corrected chi connectivity index (χ1v) is 17.4. The van der Waals surface area contributed by atoms with Crippen LogP contribution >= 0.6 is 11.6 Å². The van der Waals surface area contributed by atoms with Crippen molar-refractivity contribution in [1.82, 2.24) is 50.5 Å². The fourth-order valence-electron chi connectivity index (χ4n) is 5.97. The summed E-state index contributed by atoms with van der Waals surface area (Å²) in [4.78, 5) is 33.8. The maximum atomic E-state index is 14.9. The summed E-state index contributed by atoms with van der Waals surface area (Å²) in [5.74, 6) is 4.41. The molecule has 7 rings (SSSR count). The van der Waals surface area contributed by atoms with Crippen LogP contribution in [0.5, 0.6) is 0 Å². The number of nitrogens with one attached hydrogen (secondary N) is 3. The number of nitrogens with zero attached hydrogens (tertiary/aromatic N) is 8. The first-order chi connectivity index (χ1) is 25.9. The Kier molecular flexibility index (Phi) is 9.30. The summed E-state index contributed by atoms with van der Waals surface area (Å²) in [6, 6.07) is 9.36. The number of carbonyl (C=O) groups excluding carboxylic acids is 2. The monoisotopic (exact) mass is 785 g/mol. The molecule has 2 aliphatic carbocycles. The highest BCUT2D eigenvalue weighted by molar-refractivity contribution is 6.32. The van der Waals surface area contributed by atoms with E-state index in [1.807, 2.05) is 26.1 Å². The number of ether oxygens (including phenoxy) is 1. The highest BCUT2D eigenvalue weighted by Gasteiger charge is 2.64. The molecule has 3 N–H and O–H groups in total. The molecule has 2 aromatic carbocycles. The Morgan fingerprint density at radius 3 is 2.47 bits per heavy atom. The van der Waals surface area contributed by atoms with Gasteiger partial charge in [-0.25, -0.2) is 23.2 Å². The normalized spacial score (nSPS) is 19.9. The molecule has 3 fully saturated rings. The zero-order valence-electron chi connectivity index (χ0n) is 29.5. The highest BCUT2D eigenvalue weighted by atomic mass is 35.5.